The van der Waals surface area contributed by atoms with Gasteiger partial charge in [-0.1, -0.05) is 22.3 Å². The van der Waals surface area contributed by atoms with Crippen LogP contribution < -0.4 is 0 Å². The van der Waals surface area contributed by atoms with Crippen LogP contribution in [0.1, 0.15) is 35.1 Å². The molecule has 8 nitrogen and oxygen atoms in total. The van der Waals surface area contributed by atoms with Gasteiger partial charge >= 0.3 is 0 Å². The summed E-state index contributed by atoms with van der Waals surface area (Å²) < 4.78 is 24.5. The Morgan fingerprint density at radius 2 is 1.28 bits per heavy atom. The third-order valence-corrected chi connectivity index (χ3v) is 3.70. The van der Waals surface area contributed by atoms with Gasteiger partial charge in [0.15, 0.2) is 6.29 Å². The van der Waals surface area contributed by atoms with Gasteiger partial charge in [-0.2, -0.15) is 0 Å². The van der Waals surface area contributed by atoms with E-state index in [9.17, 15) is 5.11 Å². The first-order valence-corrected chi connectivity index (χ1v) is 7.67. The van der Waals surface area contributed by atoms with Crippen LogP contribution in [-0.4, -0.2) is 86.4 Å². The standard InChI is InChI=1S/C6H10O3.C4H8O3.C4H8O2.3CH4/c7-5-3-9-6-4(5)1-2-8-6;5-4-1-6-3-7-2-4;5-4-1-2-6-3-4;;;/h4-7H,1-3H2;4-5H,1-3H2;4-5H,1-3H2;3*1H4/t4-,5-,6+;;;;;/m0...../s1. The average Bonchev–Trinajstić information content (AvgIpc) is 3.23. The molecular formula is C17H38O8. The quantitative estimate of drug-likeness (QED) is 0.574. The van der Waals surface area contributed by atoms with Gasteiger partial charge < -0.3 is 39.0 Å². The Labute approximate surface area is 152 Å². The molecule has 0 radical (unpaired) electrons. The highest BCUT2D eigenvalue weighted by Crippen LogP contribution is 2.30. The Morgan fingerprint density at radius 3 is 1.68 bits per heavy atom. The van der Waals surface area contributed by atoms with Crippen molar-refractivity contribution in [3.63, 3.8) is 0 Å². The fourth-order valence-corrected chi connectivity index (χ4v) is 2.44. The van der Waals surface area contributed by atoms with E-state index in [2.05, 4.69) is 0 Å². The van der Waals surface area contributed by atoms with E-state index in [0.29, 0.717) is 33.2 Å². The van der Waals surface area contributed by atoms with E-state index in [1.165, 1.54) is 0 Å². The van der Waals surface area contributed by atoms with E-state index in [0.717, 1.165) is 26.1 Å². The second kappa shape index (κ2) is 14.8. The fraction of sp³-hybridized carbons (Fsp3) is 1.00. The van der Waals surface area contributed by atoms with E-state index in [1.54, 1.807) is 0 Å². The molecule has 0 aromatic rings. The molecule has 0 bridgehead atoms. The van der Waals surface area contributed by atoms with Gasteiger partial charge in [0.25, 0.3) is 0 Å². The number of fused-ring (bicyclic) bond motifs is 1. The van der Waals surface area contributed by atoms with Crippen LogP contribution in [0.4, 0.5) is 0 Å². The molecule has 4 fully saturated rings. The van der Waals surface area contributed by atoms with Gasteiger partial charge in [-0.25, -0.2) is 0 Å². The maximum absolute atomic E-state index is 9.19. The topological polar surface area (TPSA) is 107 Å². The van der Waals surface area contributed by atoms with E-state index < -0.39 is 6.10 Å². The monoisotopic (exact) mass is 370 g/mol. The van der Waals surface area contributed by atoms with E-state index in [4.69, 9.17) is 33.9 Å². The highest BCUT2D eigenvalue weighted by atomic mass is 16.7. The molecular weight excluding hydrogens is 332 g/mol. The summed E-state index contributed by atoms with van der Waals surface area (Å²) in [5.41, 5.74) is 0. The van der Waals surface area contributed by atoms with Crippen molar-refractivity contribution in [2.24, 2.45) is 5.92 Å². The molecule has 154 valence electrons. The molecule has 0 saturated carbocycles. The molecule has 0 aromatic carbocycles. The molecule has 4 aliphatic rings. The Balaban J connectivity index is 0. The molecule has 3 N–H and O–H groups in total. The first-order chi connectivity index (χ1) is 10.7. The third-order valence-electron chi connectivity index (χ3n) is 3.70. The minimum atomic E-state index is -0.409. The summed E-state index contributed by atoms with van der Waals surface area (Å²) in [6.45, 7) is 3.64. The summed E-state index contributed by atoms with van der Waals surface area (Å²) in [6.07, 6.45) is 0.808. The summed E-state index contributed by atoms with van der Waals surface area (Å²) in [5.74, 6) is 0.255. The second-order valence-corrected chi connectivity index (χ2v) is 5.62. The van der Waals surface area contributed by atoms with Crippen molar-refractivity contribution >= 4 is 0 Å². The van der Waals surface area contributed by atoms with Crippen LogP contribution in [0.5, 0.6) is 0 Å². The summed E-state index contributed by atoms with van der Waals surface area (Å²) in [4.78, 5) is 0. The Hall–Kier alpha value is -0.320. The van der Waals surface area contributed by atoms with Crippen LogP contribution in [0.15, 0.2) is 0 Å². The van der Waals surface area contributed by atoms with Gasteiger partial charge in [0, 0.05) is 12.5 Å². The zero-order valence-corrected chi connectivity index (χ0v) is 12.6. The molecule has 25 heavy (non-hydrogen) atoms. The van der Waals surface area contributed by atoms with E-state index >= 15 is 0 Å². The molecule has 1 unspecified atom stereocenters. The number of rotatable bonds is 0. The smallest absolute Gasteiger partial charge is 0.163 e. The number of hydrogen-bond donors (Lipinski definition) is 3. The minimum absolute atomic E-state index is 0. The van der Waals surface area contributed by atoms with Crippen LogP contribution in [0.3, 0.4) is 0 Å². The van der Waals surface area contributed by atoms with Crippen LogP contribution in [0.25, 0.3) is 0 Å². The number of ether oxygens (including phenoxy) is 5. The highest BCUT2D eigenvalue weighted by Gasteiger charge is 2.40. The van der Waals surface area contributed by atoms with Gasteiger partial charge in [-0.3, -0.25) is 0 Å². The molecule has 0 amide bonds. The van der Waals surface area contributed by atoms with Crippen LogP contribution in [0.2, 0.25) is 0 Å². The SMILES string of the molecule is C.C.C.OC1CCOC1.OC1COCOC1.O[C@H]1CO[C@H]2OCC[C@H]21. The lowest BCUT2D eigenvalue weighted by Gasteiger charge is -2.16. The maximum Gasteiger partial charge on any atom is 0.163 e. The predicted molar refractivity (Wildman–Crippen MR) is 94.2 cm³/mol. The fourth-order valence-electron chi connectivity index (χ4n) is 2.44. The normalized spacial score (nSPS) is 33.2. The summed E-state index contributed by atoms with van der Waals surface area (Å²) in [7, 11) is 0. The minimum Gasteiger partial charge on any atom is -0.391 e. The van der Waals surface area contributed by atoms with Crippen molar-refractivity contribution in [2.75, 3.05) is 46.4 Å². The predicted octanol–water partition coefficient (Wildman–Crippen LogP) is 0.768. The van der Waals surface area contributed by atoms with Crippen molar-refractivity contribution in [1.29, 1.82) is 0 Å². The molecule has 4 rings (SSSR count). The molecule has 0 spiro atoms. The molecule has 0 aromatic heterocycles. The summed E-state index contributed by atoms with van der Waals surface area (Å²) in [5, 5.41) is 26.5. The molecule has 4 saturated heterocycles. The number of hydrogen-bond acceptors (Lipinski definition) is 8. The van der Waals surface area contributed by atoms with Crippen molar-refractivity contribution < 1.29 is 39.0 Å². The lowest BCUT2D eigenvalue weighted by atomic mass is 10.0. The first-order valence-electron chi connectivity index (χ1n) is 7.67. The molecule has 4 heterocycles. The summed E-state index contributed by atoms with van der Waals surface area (Å²) in [6, 6.07) is 0. The third kappa shape index (κ3) is 9.81. The van der Waals surface area contributed by atoms with Crippen molar-refractivity contribution in [2.45, 2.75) is 59.7 Å². The Kier molecular flexibility index (Phi) is 15.9. The summed E-state index contributed by atoms with van der Waals surface area (Å²) >= 11 is 0. The Bertz CT molecular complexity index is 292. The van der Waals surface area contributed by atoms with Gasteiger partial charge in [0.2, 0.25) is 0 Å². The zero-order valence-electron chi connectivity index (χ0n) is 12.6. The molecule has 0 aliphatic carbocycles. The molecule has 8 heteroatoms. The second-order valence-electron chi connectivity index (χ2n) is 5.62. The van der Waals surface area contributed by atoms with Gasteiger partial charge in [-0.15, -0.1) is 0 Å². The lowest BCUT2D eigenvalue weighted by Crippen LogP contribution is -2.28. The van der Waals surface area contributed by atoms with E-state index in [1.807, 2.05) is 0 Å². The molecule has 4 aliphatic heterocycles. The van der Waals surface area contributed by atoms with E-state index in [-0.39, 0.29) is 46.7 Å². The van der Waals surface area contributed by atoms with Gasteiger partial charge in [0.05, 0.1) is 45.2 Å². The number of aliphatic hydroxyl groups excluding tert-OH is 3. The average molecular weight is 370 g/mol. The number of aliphatic hydroxyl groups is 3. The van der Waals surface area contributed by atoms with Gasteiger partial charge in [0.1, 0.15) is 12.9 Å². The van der Waals surface area contributed by atoms with Crippen LogP contribution in [0, 0.1) is 5.92 Å². The van der Waals surface area contributed by atoms with Crippen molar-refractivity contribution in [1.82, 2.24) is 0 Å². The zero-order chi connectivity index (χ0) is 15.8. The Morgan fingerprint density at radius 1 is 0.640 bits per heavy atom. The van der Waals surface area contributed by atoms with Crippen LogP contribution in [-0.2, 0) is 23.7 Å². The van der Waals surface area contributed by atoms with Gasteiger partial charge in [-0.05, 0) is 12.8 Å². The van der Waals surface area contributed by atoms with Crippen molar-refractivity contribution in [3.05, 3.63) is 0 Å². The lowest BCUT2D eigenvalue weighted by molar-refractivity contribution is -0.150. The van der Waals surface area contributed by atoms with Crippen LogP contribution >= 0.6 is 0 Å². The molecule has 4 atom stereocenters. The van der Waals surface area contributed by atoms with Crippen molar-refractivity contribution in [3.8, 4) is 0 Å². The maximum atomic E-state index is 9.19. The first kappa shape index (κ1) is 26.9. The largest absolute Gasteiger partial charge is 0.391 e. The highest BCUT2D eigenvalue weighted by molar-refractivity contribution is 4.81.